The molecule has 94 valence electrons. The van der Waals surface area contributed by atoms with Crippen molar-refractivity contribution in [3.8, 4) is 0 Å². The average Bonchev–Trinajstić information content (AvgIpc) is 2.38. The zero-order valence-corrected chi connectivity index (χ0v) is 10.9. The van der Waals surface area contributed by atoms with Crippen molar-refractivity contribution in [1.29, 1.82) is 0 Å². The third kappa shape index (κ3) is 2.51. The number of anilines is 1. The number of nitrogen functional groups attached to an aromatic ring is 1. The number of nitrogens with two attached hydrogens (primary N) is 1. The first-order chi connectivity index (χ1) is 8.74. The Labute approximate surface area is 108 Å². The lowest BCUT2D eigenvalue weighted by Gasteiger charge is -2.21. The topological polar surface area (TPSA) is 50.9 Å². The third-order valence-electron chi connectivity index (χ3n) is 3.09. The molecule has 0 spiro atoms. The molecule has 1 aromatic carbocycles. The van der Waals surface area contributed by atoms with E-state index in [1.165, 1.54) is 11.1 Å². The molecule has 1 unspecified atom stereocenters. The lowest BCUT2D eigenvalue weighted by Crippen LogP contribution is -2.24. The minimum absolute atomic E-state index is 0.102. The van der Waals surface area contributed by atoms with Gasteiger partial charge in [0.15, 0.2) is 0 Å². The second-order valence-electron chi connectivity index (χ2n) is 4.33. The van der Waals surface area contributed by atoms with Crippen LogP contribution in [0.25, 0.3) is 0 Å². The first kappa shape index (κ1) is 12.6. The van der Waals surface area contributed by atoms with Crippen LogP contribution < -0.4 is 11.1 Å². The van der Waals surface area contributed by atoms with E-state index in [1.807, 2.05) is 12.1 Å². The highest BCUT2D eigenvalue weighted by Gasteiger charge is 2.17. The normalized spacial score (nSPS) is 12.3. The van der Waals surface area contributed by atoms with Crippen molar-refractivity contribution in [1.82, 2.24) is 10.3 Å². The van der Waals surface area contributed by atoms with Gasteiger partial charge in [-0.05, 0) is 30.7 Å². The highest BCUT2D eigenvalue weighted by Crippen LogP contribution is 2.27. The monoisotopic (exact) mass is 241 g/mol. The van der Waals surface area contributed by atoms with Crippen molar-refractivity contribution in [3.05, 3.63) is 59.3 Å². The second-order valence-corrected chi connectivity index (χ2v) is 4.33. The van der Waals surface area contributed by atoms with Crippen LogP contribution in [0.3, 0.4) is 0 Å². The summed E-state index contributed by atoms with van der Waals surface area (Å²) in [5.41, 5.74) is 9.53. The summed E-state index contributed by atoms with van der Waals surface area (Å²) in [6.07, 6.45) is 1.72. The molecule has 3 heteroatoms. The molecule has 1 aromatic heterocycles. The van der Waals surface area contributed by atoms with Gasteiger partial charge in [-0.3, -0.25) is 0 Å². The summed E-state index contributed by atoms with van der Waals surface area (Å²) in [6, 6.07) is 12.4. The smallest absolute Gasteiger partial charge is 0.128 e. The quantitative estimate of drug-likeness (QED) is 0.865. The molecule has 0 aliphatic carbocycles. The zero-order chi connectivity index (χ0) is 13.0. The minimum atomic E-state index is 0.102. The van der Waals surface area contributed by atoms with Crippen LogP contribution in [0.1, 0.15) is 29.7 Å². The number of nitrogens with one attached hydrogen (secondary N) is 1. The van der Waals surface area contributed by atoms with Crippen molar-refractivity contribution < 1.29 is 0 Å². The molecule has 0 aliphatic heterocycles. The summed E-state index contributed by atoms with van der Waals surface area (Å²) in [5.74, 6) is 0.590. The number of rotatable bonds is 4. The van der Waals surface area contributed by atoms with Gasteiger partial charge < -0.3 is 11.1 Å². The maximum atomic E-state index is 5.99. The van der Waals surface area contributed by atoms with E-state index >= 15 is 0 Å². The Morgan fingerprint density at radius 3 is 2.56 bits per heavy atom. The summed E-state index contributed by atoms with van der Waals surface area (Å²) in [7, 11) is 0. The van der Waals surface area contributed by atoms with E-state index in [0.29, 0.717) is 5.82 Å². The van der Waals surface area contributed by atoms with Crippen LogP contribution in [-0.2, 0) is 0 Å². The maximum Gasteiger partial charge on any atom is 0.128 e. The summed E-state index contributed by atoms with van der Waals surface area (Å²) in [4.78, 5) is 4.18. The molecule has 0 bridgehead atoms. The molecule has 0 saturated carbocycles. The van der Waals surface area contributed by atoms with Crippen LogP contribution in [0.5, 0.6) is 0 Å². The molecule has 2 rings (SSSR count). The zero-order valence-electron chi connectivity index (χ0n) is 10.9. The lowest BCUT2D eigenvalue weighted by atomic mass is 9.95. The molecule has 3 N–H and O–H groups in total. The van der Waals surface area contributed by atoms with Crippen molar-refractivity contribution >= 4 is 5.82 Å². The minimum Gasteiger partial charge on any atom is -0.383 e. The molecule has 0 amide bonds. The van der Waals surface area contributed by atoms with Gasteiger partial charge in [0.1, 0.15) is 5.82 Å². The Kier molecular flexibility index (Phi) is 3.95. The summed E-state index contributed by atoms with van der Waals surface area (Å²) < 4.78 is 0. The standard InChI is InChI=1S/C15H19N3/c1-3-17-14(12-8-5-4-7-11(12)2)13-9-6-10-18-15(13)16/h4-10,14,17H,3H2,1-2H3,(H2,16,18). The van der Waals surface area contributed by atoms with Crippen LogP contribution in [0.2, 0.25) is 0 Å². The molecule has 0 saturated heterocycles. The Morgan fingerprint density at radius 2 is 1.89 bits per heavy atom. The van der Waals surface area contributed by atoms with E-state index in [2.05, 4.69) is 48.4 Å². The van der Waals surface area contributed by atoms with Gasteiger partial charge in [-0.15, -0.1) is 0 Å². The maximum absolute atomic E-state index is 5.99. The van der Waals surface area contributed by atoms with E-state index in [9.17, 15) is 0 Å². The molecule has 2 aromatic rings. The Morgan fingerprint density at radius 1 is 1.17 bits per heavy atom. The van der Waals surface area contributed by atoms with Gasteiger partial charge in [0.05, 0.1) is 6.04 Å². The van der Waals surface area contributed by atoms with Gasteiger partial charge >= 0.3 is 0 Å². The highest BCUT2D eigenvalue weighted by molar-refractivity contribution is 5.47. The van der Waals surface area contributed by atoms with Crippen molar-refractivity contribution in [2.75, 3.05) is 12.3 Å². The fourth-order valence-electron chi connectivity index (χ4n) is 2.18. The van der Waals surface area contributed by atoms with Gasteiger partial charge in [0.25, 0.3) is 0 Å². The van der Waals surface area contributed by atoms with Crippen LogP contribution in [-0.4, -0.2) is 11.5 Å². The van der Waals surface area contributed by atoms with Crippen LogP contribution >= 0.6 is 0 Å². The molecule has 0 fully saturated rings. The first-order valence-electron chi connectivity index (χ1n) is 6.23. The fourth-order valence-corrected chi connectivity index (χ4v) is 2.18. The number of hydrogen-bond acceptors (Lipinski definition) is 3. The van der Waals surface area contributed by atoms with E-state index in [0.717, 1.165) is 12.1 Å². The van der Waals surface area contributed by atoms with Crippen LogP contribution in [0, 0.1) is 6.92 Å². The SMILES string of the molecule is CCNC(c1ccccc1C)c1cccnc1N. The van der Waals surface area contributed by atoms with Gasteiger partial charge in [-0.1, -0.05) is 37.3 Å². The van der Waals surface area contributed by atoms with E-state index in [1.54, 1.807) is 6.20 Å². The summed E-state index contributed by atoms with van der Waals surface area (Å²) in [5, 5.41) is 3.48. The Bertz CT molecular complexity index is 477. The van der Waals surface area contributed by atoms with Crippen LogP contribution in [0.15, 0.2) is 42.6 Å². The van der Waals surface area contributed by atoms with Crippen molar-refractivity contribution in [2.24, 2.45) is 0 Å². The Hall–Kier alpha value is -1.87. The summed E-state index contributed by atoms with van der Waals surface area (Å²) in [6.45, 7) is 5.09. The number of nitrogens with zero attached hydrogens (tertiary/aromatic N) is 1. The molecule has 3 nitrogen and oxygen atoms in total. The van der Waals surface area contributed by atoms with E-state index < -0.39 is 0 Å². The van der Waals surface area contributed by atoms with Crippen molar-refractivity contribution in [3.63, 3.8) is 0 Å². The van der Waals surface area contributed by atoms with Gasteiger partial charge in [0, 0.05) is 11.8 Å². The largest absolute Gasteiger partial charge is 0.383 e. The number of aromatic nitrogens is 1. The van der Waals surface area contributed by atoms with Gasteiger partial charge in [-0.2, -0.15) is 0 Å². The van der Waals surface area contributed by atoms with E-state index in [-0.39, 0.29) is 6.04 Å². The molecule has 18 heavy (non-hydrogen) atoms. The predicted octanol–water partition coefficient (Wildman–Crippen LogP) is 2.67. The number of aryl methyl sites for hydroxylation is 1. The molecule has 1 atom stereocenters. The molecular formula is C15H19N3. The third-order valence-corrected chi connectivity index (χ3v) is 3.09. The fraction of sp³-hybridized carbons (Fsp3) is 0.267. The summed E-state index contributed by atoms with van der Waals surface area (Å²) >= 11 is 0. The predicted molar refractivity (Wildman–Crippen MR) is 75.3 cm³/mol. The molecule has 1 heterocycles. The first-order valence-corrected chi connectivity index (χ1v) is 6.23. The van der Waals surface area contributed by atoms with Gasteiger partial charge in [0.2, 0.25) is 0 Å². The number of pyridine rings is 1. The van der Waals surface area contributed by atoms with E-state index in [4.69, 9.17) is 5.73 Å². The number of benzene rings is 1. The lowest BCUT2D eigenvalue weighted by molar-refractivity contribution is 0.627. The van der Waals surface area contributed by atoms with Gasteiger partial charge in [-0.25, -0.2) is 4.98 Å². The molecular weight excluding hydrogens is 222 g/mol. The Balaban J connectivity index is 2.47. The second kappa shape index (κ2) is 5.65. The molecule has 0 radical (unpaired) electrons. The van der Waals surface area contributed by atoms with Crippen molar-refractivity contribution in [2.45, 2.75) is 19.9 Å². The highest BCUT2D eigenvalue weighted by atomic mass is 14.9. The number of hydrogen-bond donors (Lipinski definition) is 2. The molecule has 0 aliphatic rings. The van der Waals surface area contributed by atoms with Crippen LogP contribution in [0.4, 0.5) is 5.82 Å². The average molecular weight is 241 g/mol.